The second-order valence-electron chi connectivity index (χ2n) is 4.40. The summed E-state index contributed by atoms with van der Waals surface area (Å²) in [4.78, 5) is 16.2. The van der Waals surface area contributed by atoms with E-state index in [0.717, 1.165) is 6.26 Å². The maximum Gasteiger partial charge on any atom is 0.277 e. The molecule has 0 saturated carbocycles. The van der Waals surface area contributed by atoms with Crippen LogP contribution in [-0.4, -0.2) is 40.2 Å². The van der Waals surface area contributed by atoms with Gasteiger partial charge in [-0.1, -0.05) is 6.07 Å². The van der Waals surface area contributed by atoms with Crippen molar-refractivity contribution in [3.05, 3.63) is 42.4 Å². The first-order chi connectivity index (χ1) is 9.97. The second-order valence-corrected chi connectivity index (χ2v) is 6.30. The first kappa shape index (κ1) is 13.3. The molecule has 0 saturated heterocycles. The molecule has 3 aromatic heterocycles. The maximum absolute atomic E-state index is 12.2. The molecule has 0 atom stereocenters. The number of nitrogens with zero attached hydrogens (tertiary/aromatic N) is 3. The Bertz CT molecular complexity index is 912. The number of imidazole rings is 1. The molecule has 108 valence electrons. The summed E-state index contributed by atoms with van der Waals surface area (Å²) in [6.07, 6.45) is 4.08. The van der Waals surface area contributed by atoms with Crippen LogP contribution in [0, 0.1) is 0 Å². The van der Waals surface area contributed by atoms with Gasteiger partial charge in [0.1, 0.15) is 5.82 Å². The molecule has 0 aliphatic rings. The van der Waals surface area contributed by atoms with Crippen LogP contribution >= 0.6 is 0 Å². The number of pyridine rings is 1. The fraction of sp³-hybridized carbons (Fsp3) is 0.0833. The summed E-state index contributed by atoms with van der Waals surface area (Å²) < 4.78 is 24.9. The summed E-state index contributed by atoms with van der Waals surface area (Å²) in [5.74, 6) is -0.115. The molecule has 0 aliphatic heterocycles. The van der Waals surface area contributed by atoms with Crippen molar-refractivity contribution in [1.82, 2.24) is 19.6 Å². The Morgan fingerprint density at radius 1 is 1.33 bits per heavy atom. The average Bonchev–Trinajstić information content (AvgIpc) is 3.04. The predicted molar refractivity (Wildman–Crippen MR) is 74.8 cm³/mol. The molecule has 0 spiro atoms. The molecule has 0 radical (unpaired) electrons. The molecule has 9 heteroatoms. The lowest BCUT2D eigenvalue weighted by Gasteiger charge is -1.99. The Morgan fingerprint density at radius 2 is 2.14 bits per heavy atom. The number of fused-ring (bicyclic) bond motifs is 1. The monoisotopic (exact) mass is 305 g/mol. The molecule has 0 aliphatic carbocycles. The zero-order valence-electron chi connectivity index (χ0n) is 10.9. The highest BCUT2D eigenvalue weighted by Gasteiger charge is 2.22. The zero-order chi connectivity index (χ0) is 15.0. The first-order valence-corrected chi connectivity index (χ1v) is 7.84. The lowest BCUT2D eigenvalue weighted by atomic mass is 10.3. The molecule has 0 unspecified atom stereocenters. The molecule has 0 aromatic carbocycles. The Hall–Kier alpha value is -2.68. The van der Waals surface area contributed by atoms with Crippen LogP contribution in [0.25, 0.3) is 5.52 Å². The minimum absolute atomic E-state index is 0.0330. The van der Waals surface area contributed by atoms with E-state index >= 15 is 0 Å². The number of aromatic amines is 1. The van der Waals surface area contributed by atoms with E-state index in [1.165, 1.54) is 10.6 Å². The number of H-pyrrole nitrogens is 1. The number of hydrogen-bond acceptors (Lipinski definition) is 5. The number of hydrogen-bond donors (Lipinski definition) is 2. The molecule has 3 heterocycles. The molecule has 3 rings (SSSR count). The third-order valence-electron chi connectivity index (χ3n) is 2.81. The van der Waals surface area contributed by atoms with E-state index in [2.05, 4.69) is 20.5 Å². The number of sulfone groups is 1. The van der Waals surface area contributed by atoms with Crippen LogP contribution in [0.4, 0.5) is 5.82 Å². The summed E-state index contributed by atoms with van der Waals surface area (Å²) in [7, 11) is -3.55. The van der Waals surface area contributed by atoms with Gasteiger partial charge in [-0.05, 0) is 12.1 Å². The number of anilines is 1. The van der Waals surface area contributed by atoms with Crippen molar-refractivity contribution in [1.29, 1.82) is 0 Å². The molecule has 3 aromatic rings. The molecule has 8 nitrogen and oxygen atoms in total. The molecule has 1 amide bonds. The van der Waals surface area contributed by atoms with Gasteiger partial charge in [-0.25, -0.2) is 13.4 Å². The van der Waals surface area contributed by atoms with Crippen LogP contribution in [0.15, 0.2) is 41.8 Å². The highest BCUT2D eigenvalue weighted by atomic mass is 32.2. The highest BCUT2D eigenvalue weighted by molar-refractivity contribution is 7.90. The van der Waals surface area contributed by atoms with Gasteiger partial charge in [0.05, 0.1) is 11.7 Å². The average molecular weight is 305 g/mol. The van der Waals surface area contributed by atoms with Gasteiger partial charge in [0.15, 0.2) is 5.69 Å². The first-order valence-electron chi connectivity index (χ1n) is 5.94. The van der Waals surface area contributed by atoms with Gasteiger partial charge < -0.3 is 5.32 Å². The van der Waals surface area contributed by atoms with Crippen molar-refractivity contribution in [3.8, 4) is 0 Å². The quantitative estimate of drug-likeness (QED) is 0.740. The lowest BCUT2D eigenvalue weighted by molar-refractivity contribution is 0.102. The summed E-state index contributed by atoms with van der Waals surface area (Å²) in [5, 5.41) is 8.70. The lowest BCUT2D eigenvalue weighted by Crippen LogP contribution is -2.13. The van der Waals surface area contributed by atoms with Gasteiger partial charge in [-0.15, -0.1) is 0 Å². The standard InChI is InChI=1S/C12H11N5O3S/c1-21(19,20)12-15-10(8-4-2-3-7-17(8)12)11(18)14-9-5-6-13-16-9/h2-7H,1H3,(H2,13,14,16,18). The summed E-state index contributed by atoms with van der Waals surface area (Å²) in [6.45, 7) is 0. The van der Waals surface area contributed by atoms with Gasteiger partial charge in [0.25, 0.3) is 5.91 Å². The van der Waals surface area contributed by atoms with E-state index in [9.17, 15) is 13.2 Å². The zero-order valence-corrected chi connectivity index (χ0v) is 11.8. The summed E-state index contributed by atoms with van der Waals surface area (Å²) in [5.41, 5.74) is 0.445. The maximum atomic E-state index is 12.2. The van der Waals surface area contributed by atoms with Gasteiger partial charge in [-0.2, -0.15) is 5.10 Å². The van der Waals surface area contributed by atoms with Crippen molar-refractivity contribution >= 4 is 27.1 Å². The van der Waals surface area contributed by atoms with Gasteiger partial charge in [-0.3, -0.25) is 14.3 Å². The number of aromatic nitrogens is 4. The van der Waals surface area contributed by atoms with E-state index in [4.69, 9.17) is 0 Å². The SMILES string of the molecule is CS(=O)(=O)c1nc(C(=O)Nc2ccn[nH]2)c2ccccn12. The minimum Gasteiger partial charge on any atom is -0.306 e. The molecule has 0 bridgehead atoms. The minimum atomic E-state index is -3.55. The van der Waals surface area contributed by atoms with Crippen LogP contribution < -0.4 is 5.32 Å². The van der Waals surface area contributed by atoms with Crippen LogP contribution in [-0.2, 0) is 9.84 Å². The van der Waals surface area contributed by atoms with E-state index in [1.807, 2.05) is 0 Å². The molecule has 21 heavy (non-hydrogen) atoms. The van der Waals surface area contributed by atoms with Crippen LogP contribution in [0.3, 0.4) is 0 Å². The smallest absolute Gasteiger partial charge is 0.277 e. The van der Waals surface area contributed by atoms with E-state index < -0.39 is 15.7 Å². The molecular formula is C12H11N5O3S. The third-order valence-corrected chi connectivity index (χ3v) is 3.76. The Balaban J connectivity index is 2.13. The van der Waals surface area contributed by atoms with Crippen molar-refractivity contribution in [2.24, 2.45) is 0 Å². The third kappa shape index (κ3) is 2.38. The van der Waals surface area contributed by atoms with Gasteiger partial charge in [0.2, 0.25) is 15.0 Å². The number of carbonyl (C=O) groups is 1. The van der Waals surface area contributed by atoms with Crippen LogP contribution in [0.1, 0.15) is 10.5 Å². The molecule has 0 fully saturated rings. The topological polar surface area (TPSA) is 109 Å². The normalized spacial score (nSPS) is 11.7. The Labute approximate surface area is 119 Å². The van der Waals surface area contributed by atoms with Crippen molar-refractivity contribution in [3.63, 3.8) is 0 Å². The fourth-order valence-corrected chi connectivity index (χ4v) is 2.72. The molecule has 2 N–H and O–H groups in total. The van der Waals surface area contributed by atoms with Crippen LogP contribution in [0.2, 0.25) is 0 Å². The van der Waals surface area contributed by atoms with E-state index in [-0.39, 0.29) is 10.9 Å². The number of carbonyl (C=O) groups excluding carboxylic acids is 1. The fourth-order valence-electron chi connectivity index (χ4n) is 1.95. The Morgan fingerprint density at radius 3 is 2.81 bits per heavy atom. The highest BCUT2D eigenvalue weighted by Crippen LogP contribution is 2.17. The van der Waals surface area contributed by atoms with Crippen molar-refractivity contribution < 1.29 is 13.2 Å². The molecular weight excluding hydrogens is 294 g/mol. The largest absolute Gasteiger partial charge is 0.306 e. The van der Waals surface area contributed by atoms with E-state index in [1.54, 1.807) is 30.5 Å². The number of rotatable bonds is 3. The van der Waals surface area contributed by atoms with Gasteiger partial charge in [0, 0.05) is 18.5 Å². The summed E-state index contributed by atoms with van der Waals surface area (Å²) in [6, 6.07) is 6.58. The summed E-state index contributed by atoms with van der Waals surface area (Å²) >= 11 is 0. The number of amides is 1. The predicted octanol–water partition coefficient (Wildman–Crippen LogP) is 0.713. The van der Waals surface area contributed by atoms with Crippen molar-refractivity contribution in [2.45, 2.75) is 5.16 Å². The Kier molecular flexibility index (Phi) is 2.98. The van der Waals surface area contributed by atoms with E-state index in [0.29, 0.717) is 11.3 Å². The number of nitrogens with one attached hydrogen (secondary N) is 2. The second kappa shape index (κ2) is 4.70. The van der Waals surface area contributed by atoms with Gasteiger partial charge >= 0.3 is 0 Å². The van der Waals surface area contributed by atoms with Crippen molar-refractivity contribution in [2.75, 3.05) is 11.6 Å². The van der Waals surface area contributed by atoms with Crippen LogP contribution in [0.5, 0.6) is 0 Å².